The summed E-state index contributed by atoms with van der Waals surface area (Å²) < 4.78 is 0. The highest BCUT2D eigenvalue weighted by molar-refractivity contribution is 5.69. The van der Waals surface area contributed by atoms with Gasteiger partial charge < -0.3 is 15.3 Å². The molecule has 184 valence electrons. The number of aliphatic carboxylic acids is 1. The van der Waals surface area contributed by atoms with Crippen LogP contribution in [0.2, 0.25) is 0 Å². The number of carbonyl (C=O) groups is 1. The van der Waals surface area contributed by atoms with Crippen LogP contribution in [0.4, 0.5) is 0 Å². The molecule has 4 heteroatoms. The smallest absolute Gasteiger partial charge is 0.306 e. The molecule has 0 heterocycles. The lowest BCUT2D eigenvalue weighted by Crippen LogP contribution is -2.66. The summed E-state index contributed by atoms with van der Waals surface area (Å²) in [5.41, 5.74) is -0.284. The Bertz CT molecular complexity index is 718. The maximum absolute atomic E-state index is 12.2. The van der Waals surface area contributed by atoms with Gasteiger partial charge in [-0.05, 0) is 111 Å². The Labute approximate surface area is 195 Å². The van der Waals surface area contributed by atoms with Crippen molar-refractivity contribution in [1.82, 2.24) is 0 Å². The summed E-state index contributed by atoms with van der Waals surface area (Å²) in [6.45, 7) is 13.5. The molecule has 0 aromatic heterocycles. The standard InChI is InChI=1S/C28H48O4/c1-7-19-23-15-18(29)10-12-27(23,5)22-11-13-26(4)20(16(2)14-17(3)25(30)31)8-9-21(26)24(22)28(19,6)32/h16-24,29,32H,7-15H2,1-6H3,(H,30,31)/t16-,17-,18+,19+,20+,21?,22?,23-,24?,26+,27+,28-/m0/s1. The monoisotopic (exact) mass is 448 g/mol. The van der Waals surface area contributed by atoms with Gasteiger partial charge in [-0.25, -0.2) is 0 Å². The molecule has 32 heavy (non-hydrogen) atoms. The second-order valence-electron chi connectivity index (χ2n) is 13.2. The van der Waals surface area contributed by atoms with Crippen molar-refractivity contribution in [1.29, 1.82) is 0 Å². The van der Waals surface area contributed by atoms with Crippen LogP contribution in [0.5, 0.6) is 0 Å². The molecule has 4 aliphatic rings. The topological polar surface area (TPSA) is 77.8 Å². The van der Waals surface area contributed by atoms with Gasteiger partial charge in [0.25, 0.3) is 0 Å². The van der Waals surface area contributed by atoms with Crippen molar-refractivity contribution >= 4 is 5.97 Å². The van der Waals surface area contributed by atoms with Gasteiger partial charge in [0.2, 0.25) is 0 Å². The summed E-state index contributed by atoms with van der Waals surface area (Å²) in [7, 11) is 0. The van der Waals surface area contributed by atoms with Gasteiger partial charge in [-0.1, -0.05) is 41.0 Å². The first-order valence-corrected chi connectivity index (χ1v) is 13.5. The van der Waals surface area contributed by atoms with Gasteiger partial charge in [0, 0.05) is 0 Å². The number of rotatable bonds is 5. The predicted octanol–water partition coefficient (Wildman–Crippen LogP) is 5.75. The molecule has 0 aliphatic heterocycles. The van der Waals surface area contributed by atoms with Crippen LogP contribution >= 0.6 is 0 Å². The van der Waals surface area contributed by atoms with E-state index >= 15 is 0 Å². The van der Waals surface area contributed by atoms with Crippen LogP contribution in [0.1, 0.15) is 99.3 Å². The van der Waals surface area contributed by atoms with Gasteiger partial charge >= 0.3 is 5.97 Å². The maximum Gasteiger partial charge on any atom is 0.306 e. The van der Waals surface area contributed by atoms with E-state index in [4.69, 9.17) is 0 Å². The van der Waals surface area contributed by atoms with Crippen molar-refractivity contribution in [3.05, 3.63) is 0 Å². The van der Waals surface area contributed by atoms with E-state index in [9.17, 15) is 20.1 Å². The highest BCUT2D eigenvalue weighted by Gasteiger charge is 2.68. The Morgan fingerprint density at radius 2 is 1.59 bits per heavy atom. The van der Waals surface area contributed by atoms with Gasteiger partial charge in [-0.3, -0.25) is 4.79 Å². The summed E-state index contributed by atoms with van der Waals surface area (Å²) in [6, 6.07) is 0. The molecule has 0 aromatic carbocycles. The van der Waals surface area contributed by atoms with Gasteiger partial charge in [0.15, 0.2) is 0 Å². The van der Waals surface area contributed by atoms with Crippen LogP contribution in [0.3, 0.4) is 0 Å². The zero-order chi connectivity index (χ0) is 23.6. The molecular formula is C28H48O4. The van der Waals surface area contributed by atoms with E-state index in [2.05, 4.69) is 34.6 Å². The van der Waals surface area contributed by atoms with Gasteiger partial charge in [-0.15, -0.1) is 0 Å². The van der Waals surface area contributed by atoms with Crippen LogP contribution < -0.4 is 0 Å². The third-order valence-electron chi connectivity index (χ3n) is 11.8. The van der Waals surface area contributed by atoms with Crippen LogP contribution in [-0.4, -0.2) is 33.0 Å². The summed E-state index contributed by atoms with van der Waals surface area (Å²) in [5.74, 6) is 1.99. The number of hydrogen-bond donors (Lipinski definition) is 3. The summed E-state index contributed by atoms with van der Waals surface area (Å²) in [6.07, 6.45) is 9.07. The zero-order valence-corrected chi connectivity index (χ0v) is 21.3. The first kappa shape index (κ1) is 24.5. The fraction of sp³-hybridized carbons (Fsp3) is 0.964. The van der Waals surface area contributed by atoms with E-state index in [0.29, 0.717) is 35.5 Å². The molecule has 0 saturated heterocycles. The quantitative estimate of drug-likeness (QED) is 0.500. The highest BCUT2D eigenvalue weighted by atomic mass is 16.4. The average Bonchev–Trinajstić information content (AvgIpc) is 3.06. The fourth-order valence-corrected chi connectivity index (χ4v) is 10.3. The molecule has 0 spiro atoms. The van der Waals surface area contributed by atoms with Crippen molar-refractivity contribution in [2.75, 3.05) is 0 Å². The van der Waals surface area contributed by atoms with E-state index in [-0.39, 0.29) is 28.8 Å². The Kier molecular flexibility index (Phi) is 6.32. The maximum atomic E-state index is 12.2. The van der Waals surface area contributed by atoms with Gasteiger partial charge in [0.1, 0.15) is 0 Å². The number of carboxylic acids is 1. The molecule has 3 N–H and O–H groups in total. The van der Waals surface area contributed by atoms with E-state index in [1.807, 2.05) is 6.92 Å². The van der Waals surface area contributed by atoms with Crippen LogP contribution in [-0.2, 0) is 4.79 Å². The van der Waals surface area contributed by atoms with Crippen molar-refractivity contribution < 1.29 is 20.1 Å². The third kappa shape index (κ3) is 3.49. The van der Waals surface area contributed by atoms with Gasteiger partial charge in [-0.2, -0.15) is 0 Å². The van der Waals surface area contributed by atoms with Crippen molar-refractivity contribution in [2.45, 2.75) is 111 Å². The van der Waals surface area contributed by atoms with Crippen molar-refractivity contribution in [3.63, 3.8) is 0 Å². The lowest BCUT2D eigenvalue weighted by atomic mass is 9.38. The number of carboxylic acid groups (broad SMARTS) is 1. The van der Waals surface area contributed by atoms with Gasteiger partial charge in [0.05, 0.1) is 17.6 Å². The van der Waals surface area contributed by atoms with Crippen LogP contribution in [0, 0.1) is 58.2 Å². The molecule has 12 atom stereocenters. The largest absolute Gasteiger partial charge is 0.481 e. The molecule has 4 rings (SSSR count). The molecule has 0 radical (unpaired) electrons. The lowest BCUT2D eigenvalue weighted by Gasteiger charge is -2.68. The molecular weight excluding hydrogens is 400 g/mol. The van der Waals surface area contributed by atoms with Crippen molar-refractivity contribution in [2.24, 2.45) is 58.2 Å². The van der Waals surface area contributed by atoms with E-state index in [1.165, 1.54) is 25.7 Å². The Hall–Kier alpha value is -0.610. The summed E-state index contributed by atoms with van der Waals surface area (Å²) >= 11 is 0. The lowest BCUT2D eigenvalue weighted by molar-refractivity contribution is -0.245. The van der Waals surface area contributed by atoms with E-state index in [1.54, 1.807) is 0 Å². The molecule has 0 amide bonds. The van der Waals surface area contributed by atoms with Crippen molar-refractivity contribution in [3.8, 4) is 0 Å². The molecule has 4 fully saturated rings. The number of fused-ring (bicyclic) bond motifs is 5. The number of hydrogen-bond acceptors (Lipinski definition) is 3. The summed E-state index contributed by atoms with van der Waals surface area (Å²) in [5, 5.41) is 32.2. The second-order valence-corrected chi connectivity index (χ2v) is 13.2. The SMILES string of the molecule is CC[C@@H]1[C@@H]2C[C@H](O)CC[C@]2(C)C2CC[C@@]3(C)C(CC[C@@H]3[C@@H](C)C[C@H](C)C(=O)O)C2[C@@]1(C)O. The molecule has 4 aliphatic carbocycles. The molecule has 4 saturated carbocycles. The minimum Gasteiger partial charge on any atom is -0.481 e. The average molecular weight is 449 g/mol. The second kappa shape index (κ2) is 8.26. The highest BCUT2D eigenvalue weighted by Crippen LogP contribution is 2.71. The Morgan fingerprint density at radius 3 is 2.22 bits per heavy atom. The minimum absolute atomic E-state index is 0.193. The molecule has 3 unspecified atom stereocenters. The Morgan fingerprint density at radius 1 is 0.969 bits per heavy atom. The number of aliphatic hydroxyl groups is 2. The third-order valence-corrected chi connectivity index (χ3v) is 11.8. The molecule has 4 nitrogen and oxygen atoms in total. The zero-order valence-electron chi connectivity index (χ0n) is 21.3. The predicted molar refractivity (Wildman–Crippen MR) is 127 cm³/mol. The first-order chi connectivity index (χ1) is 14.9. The fourth-order valence-electron chi connectivity index (χ4n) is 10.3. The molecule has 0 aromatic rings. The normalized spacial score (nSPS) is 52.4. The van der Waals surface area contributed by atoms with Crippen LogP contribution in [0.25, 0.3) is 0 Å². The number of aliphatic hydroxyl groups excluding tert-OH is 1. The van der Waals surface area contributed by atoms with Crippen LogP contribution in [0.15, 0.2) is 0 Å². The molecule has 0 bridgehead atoms. The first-order valence-electron chi connectivity index (χ1n) is 13.5. The Balaban J connectivity index is 1.66. The van der Waals surface area contributed by atoms with E-state index in [0.717, 1.165) is 32.1 Å². The van der Waals surface area contributed by atoms with E-state index < -0.39 is 11.6 Å². The summed E-state index contributed by atoms with van der Waals surface area (Å²) in [4.78, 5) is 11.5. The minimum atomic E-state index is -0.695.